The van der Waals surface area contributed by atoms with Crippen LogP contribution in [0.25, 0.3) is 10.9 Å². The van der Waals surface area contributed by atoms with Crippen molar-refractivity contribution < 1.29 is 44.2 Å². The fourth-order valence-corrected chi connectivity index (χ4v) is 3.48. The Hall–Kier alpha value is -1.89. The molecular weight excluding hydrogens is 442 g/mol. The minimum atomic E-state index is -1.55. The van der Waals surface area contributed by atoms with E-state index in [0.717, 1.165) is 0 Å². The molecule has 1 aliphatic heterocycles. The Bertz CT molecular complexity index is 839. The zero-order chi connectivity index (χ0) is 20.4. The second kappa shape index (κ2) is 8.64. The molecule has 11 heteroatoms. The number of aliphatic hydroxyl groups excluding tert-OH is 4. The van der Waals surface area contributed by atoms with Crippen LogP contribution in [0.2, 0.25) is 0 Å². The molecule has 5 atom stereocenters. The molecule has 0 aliphatic carbocycles. The molecule has 0 saturated carbocycles. The SMILES string of the molecule is COC(=O)COc1ccc2[nH]cc(O[C@@H]3O[C@H](CO)[C@@H](O)[C@H](O)[C@H]3O)c2c1Br. The Morgan fingerprint density at radius 2 is 1.96 bits per heavy atom. The third kappa shape index (κ3) is 3.95. The van der Waals surface area contributed by atoms with Gasteiger partial charge in [-0.1, -0.05) is 0 Å². The molecule has 28 heavy (non-hydrogen) atoms. The van der Waals surface area contributed by atoms with Gasteiger partial charge in [0.05, 0.1) is 29.1 Å². The summed E-state index contributed by atoms with van der Waals surface area (Å²) < 4.78 is 21.5. The summed E-state index contributed by atoms with van der Waals surface area (Å²) in [7, 11) is 1.25. The number of hydrogen-bond acceptors (Lipinski definition) is 9. The van der Waals surface area contributed by atoms with Crippen LogP contribution in [0.4, 0.5) is 0 Å². The summed E-state index contributed by atoms with van der Waals surface area (Å²) in [6, 6.07) is 3.34. The number of esters is 1. The third-order valence-corrected chi connectivity index (χ3v) is 5.16. The van der Waals surface area contributed by atoms with E-state index >= 15 is 0 Å². The number of fused-ring (bicyclic) bond motifs is 1. The summed E-state index contributed by atoms with van der Waals surface area (Å²) in [5, 5.41) is 39.7. The molecule has 1 aromatic carbocycles. The van der Waals surface area contributed by atoms with Gasteiger partial charge in [-0.25, -0.2) is 4.79 Å². The first-order valence-electron chi connectivity index (χ1n) is 8.33. The number of halogens is 1. The molecule has 1 aromatic heterocycles. The summed E-state index contributed by atoms with van der Waals surface area (Å²) >= 11 is 3.40. The number of H-pyrrole nitrogens is 1. The predicted molar refractivity (Wildman–Crippen MR) is 97.9 cm³/mol. The number of rotatable bonds is 6. The van der Waals surface area contributed by atoms with Gasteiger partial charge in [0, 0.05) is 6.20 Å². The van der Waals surface area contributed by atoms with E-state index in [1.54, 1.807) is 12.1 Å². The Kier molecular flexibility index (Phi) is 6.43. The van der Waals surface area contributed by atoms with E-state index < -0.39 is 43.3 Å². The Morgan fingerprint density at radius 1 is 1.21 bits per heavy atom. The number of nitrogens with one attached hydrogen (secondary N) is 1. The molecule has 2 aromatic rings. The zero-order valence-corrected chi connectivity index (χ0v) is 16.3. The van der Waals surface area contributed by atoms with Crippen LogP contribution in [-0.4, -0.2) is 82.4 Å². The highest BCUT2D eigenvalue weighted by Crippen LogP contribution is 2.39. The lowest BCUT2D eigenvalue weighted by Gasteiger charge is -2.39. The van der Waals surface area contributed by atoms with E-state index in [0.29, 0.717) is 21.1 Å². The summed E-state index contributed by atoms with van der Waals surface area (Å²) in [4.78, 5) is 14.3. The highest BCUT2D eigenvalue weighted by molar-refractivity contribution is 9.10. The molecule has 1 aliphatic rings. The van der Waals surface area contributed by atoms with Crippen molar-refractivity contribution in [2.24, 2.45) is 0 Å². The van der Waals surface area contributed by atoms with Crippen LogP contribution in [0.1, 0.15) is 0 Å². The van der Waals surface area contributed by atoms with Crippen LogP contribution in [0.5, 0.6) is 11.5 Å². The first-order valence-corrected chi connectivity index (χ1v) is 9.13. The molecule has 0 bridgehead atoms. The van der Waals surface area contributed by atoms with Crippen LogP contribution < -0.4 is 9.47 Å². The van der Waals surface area contributed by atoms with Crippen molar-refractivity contribution in [3.63, 3.8) is 0 Å². The van der Waals surface area contributed by atoms with E-state index in [1.807, 2.05) is 0 Å². The van der Waals surface area contributed by atoms with Gasteiger partial charge in [-0.05, 0) is 28.1 Å². The van der Waals surface area contributed by atoms with Crippen molar-refractivity contribution in [3.8, 4) is 11.5 Å². The van der Waals surface area contributed by atoms with Crippen molar-refractivity contribution in [1.29, 1.82) is 0 Å². The molecule has 1 fully saturated rings. The summed E-state index contributed by atoms with van der Waals surface area (Å²) in [5.74, 6) is 0.0738. The molecule has 154 valence electrons. The monoisotopic (exact) mass is 461 g/mol. The molecule has 5 N–H and O–H groups in total. The number of aliphatic hydroxyl groups is 4. The first-order chi connectivity index (χ1) is 13.4. The van der Waals surface area contributed by atoms with Gasteiger partial charge in [-0.3, -0.25) is 0 Å². The van der Waals surface area contributed by atoms with Gasteiger partial charge < -0.3 is 44.4 Å². The topological polar surface area (TPSA) is 151 Å². The number of ether oxygens (including phenoxy) is 4. The van der Waals surface area contributed by atoms with Crippen molar-refractivity contribution in [1.82, 2.24) is 4.98 Å². The summed E-state index contributed by atoms with van der Waals surface area (Å²) in [6.07, 6.45) is -5.48. The Balaban J connectivity index is 1.86. The number of hydrogen-bond donors (Lipinski definition) is 5. The van der Waals surface area contributed by atoms with E-state index in [4.69, 9.17) is 14.2 Å². The second-order valence-corrected chi connectivity index (χ2v) is 6.93. The fourth-order valence-electron chi connectivity index (χ4n) is 2.82. The van der Waals surface area contributed by atoms with Gasteiger partial charge in [0.2, 0.25) is 6.29 Å². The summed E-state index contributed by atoms with van der Waals surface area (Å²) in [5.41, 5.74) is 0.664. The highest BCUT2D eigenvalue weighted by Gasteiger charge is 2.45. The molecule has 0 unspecified atom stereocenters. The predicted octanol–water partition coefficient (Wildman–Crippen LogP) is -0.339. The van der Waals surface area contributed by atoms with Crippen molar-refractivity contribution >= 4 is 32.8 Å². The summed E-state index contributed by atoms with van der Waals surface area (Å²) in [6.45, 7) is -0.845. The molecular formula is C17H20BrNO9. The van der Waals surface area contributed by atoms with Crippen LogP contribution in [0, 0.1) is 0 Å². The van der Waals surface area contributed by atoms with E-state index in [9.17, 15) is 25.2 Å². The van der Waals surface area contributed by atoms with Crippen LogP contribution in [-0.2, 0) is 14.3 Å². The van der Waals surface area contributed by atoms with Gasteiger partial charge in [-0.15, -0.1) is 0 Å². The fraction of sp³-hybridized carbons (Fsp3) is 0.471. The average Bonchev–Trinajstić information content (AvgIpc) is 3.11. The van der Waals surface area contributed by atoms with Crippen LogP contribution in [0.3, 0.4) is 0 Å². The average molecular weight is 462 g/mol. The minimum Gasteiger partial charge on any atom is -0.481 e. The van der Waals surface area contributed by atoms with Crippen molar-refractivity contribution in [3.05, 3.63) is 22.8 Å². The van der Waals surface area contributed by atoms with Gasteiger partial charge in [0.15, 0.2) is 6.61 Å². The Labute approximate surface area is 167 Å². The molecule has 1 saturated heterocycles. The van der Waals surface area contributed by atoms with Crippen LogP contribution in [0.15, 0.2) is 22.8 Å². The zero-order valence-electron chi connectivity index (χ0n) is 14.7. The van der Waals surface area contributed by atoms with Crippen molar-refractivity contribution in [2.45, 2.75) is 30.7 Å². The second-order valence-electron chi connectivity index (χ2n) is 6.13. The maximum absolute atomic E-state index is 11.3. The number of aromatic amines is 1. The number of carbonyl (C=O) groups is 1. The normalized spacial score (nSPS) is 27.6. The van der Waals surface area contributed by atoms with E-state index in [-0.39, 0.29) is 12.4 Å². The minimum absolute atomic E-state index is 0.259. The lowest BCUT2D eigenvalue weighted by molar-refractivity contribution is -0.277. The van der Waals surface area contributed by atoms with Crippen LogP contribution >= 0.6 is 15.9 Å². The third-order valence-electron chi connectivity index (χ3n) is 4.38. The van der Waals surface area contributed by atoms with Gasteiger partial charge >= 0.3 is 5.97 Å². The maximum Gasteiger partial charge on any atom is 0.343 e. The largest absolute Gasteiger partial charge is 0.481 e. The molecule has 3 rings (SSSR count). The first kappa shape index (κ1) is 20.8. The molecule has 0 amide bonds. The quantitative estimate of drug-likeness (QED) is 0.364. The molecule has 2 heterocycles. The lowest BCUT2D eigenvalue weighted by atomic mass is 9.99. The van der Waals surface area contributed by atoms with E-state index in [2.05, 4.69) is 25.7 Å². The highest BCUT2D eigenvalue weighted by atomic mass is 79.9. The smallest absolute Gasteiger partial charge is 0.343 e. The maximum atomic E-state index is 11.3. The Morgan fingerprint density at radius 3 is 2.64 bits per heavy atom. The lowest BCUT2D eigenvalue weighted by Crippen LogP contribution is -2.60. The number of carbonyl (C=O) groups excluding carboxylic acids is 1. The van der Waals surface area contributed by atoms with Crippen molar-refractivity contribution in [2.75, 3.05) is 20.3 Å². The molecule has 10 nitrogen and oxygen atoms in total. The molecule has 0 spiro atoms. The number of methoxy groups -OCH3 is 1. The molecule has 0 radical (unpaired) electrons. The number of benzene rings is 1. The van der Waals surface area contributed by atoms with E-state index in [1.165, 1.54) is 13.3 Å². The van der Waals surface area contributed by atoms with Gasteiger partial charge in [-0.2, -0.15) is 0 Å². The van der Waals surface area contributed by atoms with Gasteiger partial charge in [0.25, 0.3) is 0 Å². The van der Waals surface area contributed by atoms with Gasteiger partial charge in [0.1, 0.15) is 35.9 Å². The number of aromatic nitrogens is 1. The standard InChI is InChI=1S/C17H20BrNO9/c1-25-11(21)6-26-8-3-2-7-12(13(8)18)9(4-19-7)27-17-16(24)15(23)14(22)10(5-20)28-17/h2-4,10,14-17,19-20,22-24H,5-6H2,1H3/t10-,14-,15+,16-,17-/m1/s1.